The number of halogens is 5. The van der Waals surface area contributed by atoms with E-state index in [0.717, 1.165) is 32.7 Å². The van der Waals surface area contributed by atoms with Crippen LogP contribution in [0.1, 0.15) is 51.4 Å². The fourth-order valence-corrected chi connectivity index (χ4v) is 6.47. The number of amides is 1. The molecule has 0 radical (unpaired) electrons. The predicted molar refractivity (Wildman–Crippen MR) is 175 cm³/mol. The van der Waals surface area contributed by atoms with Crippen LogP contribution in [-0.2, 0) is 22.6 Å². The third-order valence-electron chi connectivity index (χ3n) is 8.10. The van der Waals surface area contributed by atoms with Crippen molar-refractivity contribution < 1.29 is 41.3 Å². The van der Waals surface area contributed by atoms with E-state index in [0.29, 0.717) is 17.7 Å². The summed E-state index contributed by atoms with van der Waals surface area (Å²) in [4.78, 5) is 13.6. The number of ether oxygens (including phenoxy) is 2. The summed E-state index contributed by atoms with van der Waals surface area (Å²) in [5, 5.41) is 11.7. The van der Waals surface area contributed by atoms with Gasteiger partial charge in [0.1, 0.15) is 5.56 Å². The third-order valence-corrected chi connectivity index (χ3v) is 9.25. The predicted octanol–water partition coefficient (Wildman–Crippen LogP) is 8.81. The fraction of sp³-hybridized carbons (Fsp3) is 0.184. The van der Waals surface area contributed by atoms with Gasteiger partial charge in [-0.3, -0.25) is 4.79 Å². The summed E-state index contributed by atoms with van der Waals surface area (Å²) in [5.74, 6) is -11.8. The van der Waals surface area contributed by atoms with Crippen molar-refractivity contribution in [3.63, 3.8) is 0 Å². The van der Waals surface area contributed by atoms with Gasteiger partial charge in [0.15, 0.2) is 29.6 Å². The Morgan fingerprint density at radius 3 is 2.06 bits per heavy atom. The zero-order valence-electron chi connectivity index (χ0n) is 25.8. The van der Waals surface area contributed by atoms with Gasteiger partial charge in [0.25, 0.3) is 5.91 Å². The Morgan fingerprint density at radius 2 is 1.37 bits per heavy atom. The lowest BCUT2D eigenvalue weighted by molar-refractivity contribution is -0.245. The number of hydrogen-bond acceptors (Lipinski definition) is 5. The summed E-state index contributed by atoms with van der Waals surface area (Å²) in [6.45, 7) is -0.294. The van der Waals surface area contributed by atoms with E-state index < -0.39 is 46.8 Å². The van der Waals surface area contributed by atoms with Crippen molar-refractivity contribution in [3.8, 4) is 11.1 Å². The molecule has 252 valence electrons. The minimum Gasteiger partial charge on any atom is -0.392 e. The standard InChI is InChI=1S/C38H30F5NO4S/c39-32-31(33(40)35(42)36(43)34(32)41)37(46)44-19-23-6-4-7-25(16-23)26-8-5-9-27(17-26)38-47-28(21-49-29-10-2-1-3-11-29)18-30(48-38)24-14-12-22(20-45)13-15-24/h1-17,28,30,38,45H,18-21H2,(H,44,46)/t28-,30+,38+/m1/s1. The van der Waals surface area contributed by atoms with Crippen LogP contribution in [0.5, 0.6) is 0 Å². The minimum atomic E-state index is -2.33. The molecule has 1 aliphatic rings. The SMILES string of the molecule is O=C(NCc1cccc(-c2cccc([C@H]3O[C@@H](CSc4ccccc4)C[C@@H](c4ccc(CO)cc4)O3)c2)c1)c1c(F)c(F)c(F)c(F)c1F. The third kappa shape index (κ3) is 7.86. The zero-order chi connectivity index (χ0) is 34.5. The fourth-order valence-electron chi connectivity index (χ4n) is 5.53. The molecule has 2 N–H and O–H groups in total. The lowest BCUT2D eigenvalue weighted by Crippen LogP contribution is -2.31. The number of aliphatic hydroxyl groups is 1. The van der Waals surface area contributed by atoms with Crippen LogP contribution in [0.3, 0.4) is 0 Å². The van der Waals surface area contributed by atoms with Gasteiger partial charge in [-0.15, -0.1) is 11.8 Å². The molecule has 1 heterocycles. The van der Waals surface area contributed by atoms with Gasteiger partial charge >= 0.3 is 0 Å². The molecule has 0 bridgehead atoms. The Hall–Kier alpha value is -4.55. The monoisotopic (exact) mass is 691 g/mol. The van der Waals surface area contributed by atoms with Gasteiger partial charge in [-0.2, -0.15) is 0 Å². The Kier molecular flexibility index (Phi) is 10.7. The highest BCUT2D eigenvalue weighted by molar-refractivity contribution is 7.99. The van der Waals surface area contributed by atoms with Crippen molar-refractivity contribution in [1.82, 2.24) is 5.32 Å². The first-order chi connectivity index (χ1) is 23.7. The Balaban J connectivity index is 1.20. The van der Waals surface area contributed by atoms with Crippen molar-refractivity contribution in [2.45, 2.75) is 43.0 Å². The van der Waals surface area contributed by atoms with Crippen LogP contribution in [0.15, 0.2) is 108 Å². The molecule has 0 aromatic heterocycles. The highest BCUT2D eigenvalue weighted by atomic mass is 32.2. The summed E-state index contributed by atoms with van der Waals surface area (Å²) < 4.78 is 82.0. The number of aliphatic hydroxyl groups excluding tert-OH is 1. The summed E-state index contributed by atoms with van der Waals surface area (Å²) in [6.07, 6.45) is -0.463. The minimum absolute atomic E-state index is 0.0560. The molecule has 0 unspecified atom stereocenters. The van der Waals surface area contributed by atoms with Crippen LogP contribution in [0.25, 0.3) is 11.1 Å². The Morgan fingerprint density at radius 1 is 0.714 bits per heavy atom. The van der Waals surface area contributed by atoms with Crippen LogP contribution >= 0.6 is 11.8 Å². The van der Waals surface area contributed by atoms with Crippen LogP contribution < -0.4 is 5.32 Å². The second-order valence-electron chi connectivity index (χ2n) is 11.4. The normalized spacial score (nSPS) is 17.6. The molecule has 0 aliphatic carbocycles. The first-order valence-corrected chi connectivity index (χ1v) is 16.4. The van der Waals surface area contributed by atoms with Crippen molar-refractivity contribution in [3.05, 3.63) is 160 Å². The Bertz CT molecular complexity index is 1910. The average molecular weight is 692 g/mol. The maximum Gasteiger partial charge on any atom is 0.257 e. The number of thioether (sulfide) groups is 1. The lowest BCUT2D eigenvalue weighted by atomic mass is 9.99. The summed E-state index contributed by atoms with van der Waals surface area (Å²) in [6, 6.07) is 32.2. The lowest BCUT2D eigenvalue weighted by Gasteiger charge is -2.36. The molecule has 5 aromatic rings. The quantitative estimate of drug-likeness (QED) is 0.0664. The van der Waals surface area contributed by atoms with Gasteiger partial charge in [-0.25, -0.2) is 22.0 Å². The zero-order valence-corrected chi connectivity index (χ0v) is 26.7. The molecule has 1 aliphatic heterocycles. The van der Waals surface area contributed by atoms with E-state index in [-0.39, 0.29) is 25.4 Å². The molecule has 5 aromatic carbocycles. The van der Waals surface area contributed by atoms with Gasteiger partial charge in [-0.1, -0.05) is 78.9 Å². The van der Waals surface area contributed by atoms with Gasteiger partial charge in [0, 0.05) is 29.2 Å². The van der Waals surface area contributed by atoms with E-state index in [1.54, 1.807) is 30.0 Å². The van der Waals surface area contributed by atoms with Gasteiger partial charge in [0.2, 0.25) is 5.82 Å². The molecule has 3 atom stereocenters. The van der Waals surface area contributed by atoms with E-state index in [9.17, 15) is 31.9 Å². The van der Waals surface area contributed by atoms with Crippen molar-refractivity contribution in [2.75, 3.05) is 5.75 Å². The Labute approximate surface area is 283 Å². The first kappa shape index (κ1) is 34.3. The second kappa shape index (κ2) is 15.3. The highest BCUT2D eigenvalue weighted by Gasteiger charge is 2.33. The number of nitrogens with one attached hydrogen (secondary N) is 1. The van der Waals surface area contributed by atoms with Crippen molar-refractivity contribution >= 4 is 17.7 Å². The molecule has 5 nitrogen and oxygen atoms in total. The molecule has 0 spiro atoms. The molecule has 49 heavy (non-hydrogen) atoms. The smallest absolute Gasteiger partial charge is 0.257 e. The van der Waals surface area contributed by atoms with E-state index in [4.69, 9.17) is 9.47 Å². The number of hydrogen-bond donors (Lipinski definition) is 2. The van der Waals surface area contributed by atoms with E-state index in [1.165, 1.54) is 0 Å². The molecule has 1 fully saturated rings. The van der Waals surface area contributed by atoms with E-state index >= 15 is 0 Å². The number of carbonyl (C=O) groups is 1. The molecule has 6 rings (SSSR count). The summed E-state index contributed by atoms with van der Waals surface area (Å²) in [7, 11) is 0. The maximum atomic E-state index is 14.1. The number of rotatable bonds is 10. The van der Waals surface area contributed by atoms with E-state index in [1.807, 2.05) is 72.8 Å². The average Bonchev–Trinajstić information content (AvgIpc) is 3.15. The molecule has 1 saturated heterocycles. The first-order valence-electron chi connectivity index (χ1n) is 15.4. The van der Waals surface area contributed by atoms with Gasteiger partial charge in [0.05, 0.1) is 18.8 Å². The molecular weight excluding hydrogens is 661 g/mol. The highest BCUT2D eigenvalue weighted by Crippen LogP contribution is 2.40. The molecule has 11 heteroatoms. The van der Waals surface area contributed by atoms with E-state index in [2.05, 4.69) is 17.4 Å². The summed E-state index contributed by atoms with van der Waals surface area (Å²) in [5.41, 5.74) is 3.06. The van der Waals surface area contributed by atoms with Crippen LogP contribution in [0.4, 0.5) is 22.0 Å². The molecule has 0 saturated carbocycles. The van der Waals surface area contributed by atoms with Crippen molar-refractivity contribution in [1.29, 1.82) is 0 Å². The molecule has 1 amide bonds. The largest absolute Gasteiger partial charge is 0.392 e. The summed E-state index contributed by atoms with van der Waals surface area (Å²) >= 11 is 1.70. The van der Waals surface area contributed by atoms with Crippen molar-refractivity contribution in [2.24, 2.45) is 0 Å². The topological polar surface area (TPSA) is 67.8 Å². The van der Waals surface area contributed by atoms with Crippen LogP contribution in [0, 0.1) is 29.1 Å². The second-order valence-corrected chi connectivity index (χ2v) is 12.5. The molecular formula is C38H30F5NO4S. The van der Waals surface area contributed by atoms with Crippen LogP contribution in [-0.4, -0.2) is 22.9 Å². The van der Waals surface area contributed by atoms with Gasteiger partial charge in [-0.05, 0) is 52.1 Å². The van der Waals surface area contributed by atoms with Gasteiger partial charge < -0.3 is 19.9 Å². The maximum absolute atomic E-state index is 14.1. The number of carbonyl (C=O) groups excluding carboxylic acids is 1. The van der Waals surface area contributed by atoms with Crippen LogP contribution in [0.2, 0.25) is 0 Å². The number of benzene rings is 5.